The van der Waals surface area contributed by atoms with Gasteiger partial charge < -0.3 is 9.88 Å². The van der Waals surface area contributed by atoms with Gasteiger partial charge in [0.2, 0.25) is 0 Å². The summed E-state index contributed by atoms with van der Waals surface area (Å²) in [6.45, 7) is 2.94. The Kier molecular flexibility index (Phi) is 4.92. The number of unbranched alkanes of at least 4 members (excludes halogenated alkanes) is 1. The van der Waals surface area contributed by atoms with Crippen LogP contribution in [0.2, 0.25) is 0 Å². The summed E-state index contributed by atoms with van der Waals surface area (Å²) in [5.74, 6) is 1.61. The molecule has 0 bridgehead atoms. The molecule has 0 aliphatic heterocycles. The number of alkyl halides is 3. The molecular weight excluding hydrogens is 233 g/mol. The normalized spacial score (nSPS) is 12.1. The molecule has 1 heterocycles. The number of hydrogen-bond donors (Lipinski definition) is 1. The highest BCUT2D eigenvalue weighted by Crippen LogP contribution is 2.21. The average Bonchev–Trinajstić information content (AvgIpc) is 2.53. The Labute approximate surface area is 98.2 Å². The van der Waals surface area contributed by atoms with Crippen molar-refractivity contribution < 1.29 is 13.2 Å². The van der Waals surface area contributed by atoms with Crippen LogP contribution in [0.3, 0.4) is 0 Å². The predicted octanol–water partition coefficient (Wildman–Crippen LogP) is 1.95. The molecular formula is C10H17F3N4. The van der Waals surface area contributed by atoms with Crippen LogP contribution in [0.5, 0.6) is 0 Å². The lowest BCUT2D eigenvalue weighted by molar-refractivity contribution is -0.135. The van der Waals surface area contributed by atoms with Crippen molar-refractivity contribution in [3.63, 3.8) is 0 Å². The molecule has 7 heteroatoms. The number of aromatic nitrogens is 3. The van der Waals surface area contributed by atoms with Gasteiger partial charge in [0.15, 0.2) is 0 Å². The molecule has 0 saturated heterocycles. The zero-order chi connectivity index (χ0) is 12.9. The van der Waals surface area contributed by atoms with Gasteiger partial charge in [-0.15, -0.1) is 10.2 Å². The predicted molar refractivity (Wildman–Crippen MR) is 57.4 cm³/mol. The van der Waals surface area contributed by atoms with Crippen molar-refractivity contribution in [2.24, 2.45) is 7.05 Å². The highest BCUT2D eigenvalue weighted by Gasteiger charge is 2.25. The first kappa shape index (κ1) is 14.0. The molecule has 0 amide bonds. The Balaban J connectivity index is 2.11. The molecule has 17 heavy (non-hydrogen) atoms. The van der Waals surface area contributed by atoms with E-state index in [9.17, 15) is 13.2 Å². The molecule has 0 aromatic carbocycles. The van der Waals surface area contributed by atoms with Gasteiger partial charge in [0.05, 0.1) is 6.54 Å². The van der Waals surface area contributed by atoms with Gasteiger partial charge in [0, 0.05) is 13.5 Å². The van der Waals surface area contributed by atoms with Gasteiger partial charge >= 0.3 is 6.18 Å². The van der Waals surface area contributed by atoms with Crippen LogP contribution in [-0.2, 0) is 13.6 Å². The molecule has 1 rings (SSSR count). The number of aryl methyl sites for hydroxylation is 1. The first-order valence-corrected chi connectivity index (χ1v) is 5.52. The summed E-state index contributed by atoms with van der Waals surface area (Å²) in [4.78, 5) is 0. The van der Waals surface area contributed by atoms with Gasteiger partial charge in [-0.25, -0.2) is 0 Å². The quantitative estimate of drug-likeness (QED) is 0.785. The van der Waals surface area contributed by atoms with E-state index in [1.54, 1.807) is 0 Å². The molecule has 0 radical (unpaired) electrons. The van der Waals surface area contributed by atoms with E-state index in [1.807, 2.05) is 18.5 Å². The van der Waals surface area contributed by atoms with Crippen LogP contribution in [0.15, 0.2) is 0 Å². The zero-order valence-electron chi connectivity index (χ0n) is 10.0. The lowest BCUT2D eigenvalue weighted by Gasteiger charge is -2.06. The molecule has 0 saturated carbocycles. The van der Waals surface area contributed by atoms with Crippen LogP contribution >= 0.6 is 0 Å². The summed E-state index contributed by atoms with van der Waals surface area (Å²) in [5.41, 5.74) is 0. The molecule has 0 spiro atoms. The lowest BCUT2D eigenvalue weighted by atomic mass is 10.2. The van der Waals surface area contributed by atoms with E-state index in [0.29, 0.717) is 19.5 Å². The fourth-order valence-electron chi connectivity index (χ4n) is 1.38. The first-order valence-electron chi connectivity index (χ1n) is 5.52. The smallest absolute Gasteiger partial charge is 0.317 e. The van der Waals surface area contributed by atoms with Crippen molar-refractivity contribution >= 4 is 0 Å². The summed E-state index contributed by atoms with van der Waals surface area (Å²) >= 11 is 0. The molecule has 4 nitrogen and oxygen atoms in total. The van der Waals surface area contributed by atoms with Crippen LogP contribution in [0.4, 0.5) is 13.2 Å². The number of nitrogens with zero attached hydrogens (tertiary/aromatic N) is 3. The minimum absolute atomic E-state index is 0.161. The maximum Gasteiger partial charge on any atom is 0.389 e. The van der Waals surface area contributed by atoms with Crippen molar-refractivity contribution in [3.05, 3.63) is 11.6 Å². The highest BCUT2D eigenvalue weighted by molar-refractivity contribution is 4.91. The van der Waals surface area contributed by atoms with Crippen LogP contribution in [0.25, 0.3) is 0 Å². The van der Waals surface area contributed by atoms with Crippen LogP contribution in [0.1, 0.15) is 30.9 Å². The summed E-state index contributed by atoms with van der Waals surface area (Å²) in [6.07, 6.45) is -4.08. The number of halogens is 3. The third kappa shape index (κ3) is 5.16. The van der Waals surface area contributed by atoms with E-state index in [4.69, 9.17) is 0 Å². The van der Waals surface area contributed by atoms with Crippen molar-refractivity contribution in [1.29, 1.82) is 0 Å². The second-order valence-corrected chi connectivity index (χ2v) is 3.97. The molecule has 0 atom stereocenters. The van der Waals surface area contributed by atoms with E-state index in [2.05, 4.69) is 15.5 Å². The number of hydrogen-bond acceptors (Lipinski definition) is 3. The topological polar surface area (TPSA) is 42.7 Å². The largest absolute Gasteiger partial charge is 0.389 e. The third-order valence-electron chi connectivity index (χ3n) is 2.53. The maximum atomic E-state index is 11.8. The lowest BCUT2D eigenvalue weighted by Crippen LogP contribution is -2.18. The first-order chi connectivity index (χ1) is 7.90. The standard InChI is InChI=1S/C10H17F3N4/c1-8-15-16-9(17(8)2)7-14-6-4-3-5-10(11,12)13/h14H,3-7H2,1-2H3. The second kappa shape index (κ2) is 6.00. The Morgan fingerprint density at radius 2 is 1.94 bits per heavy atom. The summed E-state index contributed by atoms with van der Waals surface area (Å²) in [5, 5.41) is 10.9. The van der Waals surface area contributed by atoms with E-state index >= 15 is 0 Å². The summed E-state index contributed by atoms with van der Waals surface area (Å²) in [7, 11) is 1.86. The fraction of sp³-hybridized carbons (Fsp3) is 0.800. The maximum absolute atomic E-state index is 11.8. The average molecular weight is 250 g/mol. The zero-order valence-corrected chi connectivity index (χ0v) is 10.0. The Morgan fingerprint density at radius 3 is 2.47 bits per heavy atom. The third-order valence-corrected chi connectivity index (χ3v) is 2.53. The van der Waals surface area contributed by atoms with E-state index in [1.165, 1.54) is 0 Å². The van der Waals surface area contributed by atoms with Crippen LogP contribution < -0.4 is 5.32 Å². The molecule has 98 valence electrons. The van der Waals surface area contributed by atoms with Crippen molar-refractivity contribution in [1.82, 2.24) is 20.1 Å². The molecule has 0 aliphatic carbocycles. The monoisotopic (exact) mass is 250 g/mol. The highest BCUT2D eigenvalue weighted by atomic mass is 19.4. The number of rotatable bonds is 6. The summed E-state index contributed by atoms with van der Waals surface area (Å²) < 4.78 is 37.4. The SMILES string of the molecule is Cc1nnc(CNCCCCC(F)(F)F)n1C. The molecule has 1 aromatic heterocycles. The van der Waals surface area contributed by atoms with Gasteiger partial charge in [0.1, 0.15) is 11.6 Å². The Morgan fingerprint density at radius 1 is 1.24 bits per heavy atom. The molecule has 1 aromatic rings. The van der Waals surface area contributed by atoms with Crippen molar-refractivity contribution in [3.8, 4) is 0 Å². The van der Waals surface area contributed by atoms with Gasteiger partial charge in [-0.2, -0.15) is 13.2 Å². The Bertz CT molecular complexity index is 346. The van der Waals surface area contributed by atoms with Crippen molar-refractivity contribution in [2.75, 3.05) is 6.54 Å². The van der Waals surface area contributed by atoms with Gasteiger partial charge in [-0.05, 0) is 26.3 Å². The van der Waals surface area contributed by atoms with Gasteiger partial charge in [-0.1, -0.05) is 0 Å². The summed E-state index contributed by atoms with van der Waals surface area (Å²) in [6, 6.07) is 0. The molecule has 0 fully saturated rings. The minimum atomic E-state index is -4.04. The van der Waals surface area contributed by atoms with Crippen LogP contribution in [-0.4, -0.2) is 27.5 Å². The van der Waals surface area contributed by atoms with E-state index in [-0.39, 0.29) is 6.42 Å². The van der Waals surface area contributed by atoms with Crippen LogP contribution in [0, 0.1) is 6.92 Å². The van der Waals surface area contributed by atoms with Gasteiger partial charge in [0.25, 0.3) is 0 Å². The fourth-order valence-corrected chi connectivity index (χ4v) is 1.38. The molecule has 0 aliphatic rings. The van der Waals surface area contributed by atoms with E-state index in [0.717, 1.165) is 11.6 Å². The van der Waals surface area contributed by atoms with Gasteiger partial charge in [-0.3, -0.25) is 0 Å². The van der Waals surface area contributed by atoms with Crippen molar-refractivity contribution in [2.45, 2.75) is 38.9 Å². The molecule has 1 N–H and O–H groups in total. The number of nitrogens with one attached hydrogen (secondary N) is 1. The second-order valence-electron chi connectivity index (χ2n) is 3.97. The molecule has 0 unspecified atom stereocenters. The Hall–Kier alpha value is -1.11. The van der Waals surface area contributed by atoms with E-state index < -0.39 is 12.6 Å². The minimum Gasteiger partial charge on any atom is -0.317 e.